The summed E-state index contributed by atoms with van der Waals surface area (Å²) >= 11 is 13.1. The predicted octanol–water partition coefficient (Wildman–Crippen LogP) is 6.32. The molecule has 0 bridgehead atoms. The second kappa shape index (κ2) is 11.4. The Morgan fingerprint density at radius 1 is 1.05 bits per heavy atom. The van der Waals surface area contributed by atoms with Crippen molar-refractivity contribution in [3.63, 3.8) is 0 Å². The number of amides is 2. The number of nitrogens with zero attached hydrogens (tertiary/aromatic N) is 2. The van der Waals surface area contributed by atoms with E-state index in [2.05, 4.69) is 9.88 Å². The van der Waals surface area contributed by atoms with Crippen molar-refractivity contribution in [1.29, 1.82) is 0 Å². The first-order valence-corrected chi connectivity index (χ1v) is 13.8. The second-order valence-corrected chi connectivity index (χ2v) is 10.5. The molecule has 3 aromatic carbocycles. The van der Waals surface area contributed by atoms with Gasteiger partial charge in [-0.1, -0.05) is 35.9 Å². The summed E-state index contributed by atoms with van der Waals surface area (Å²) in [6.45, 7) is 3.13. The molecule has 4 aromatic rings. The third-order valence-corrected chi connectivity index (χ3v) is 7.55. The average molecular weight is 562 g/mol. The van der Waals surface area contributed by atoms with Gasteiger partial charge < -0.3 is 9.30 Å². The molecule has 0 radical (unpaired) electrons. The van der Waals surface area contributed by atoms with Gasteiger partial charge in [0.05, 0.1) is 12.3 Å². The third-order valence-electron chi connectivity index (χ3n) is 6.02. The molecule has 1 aliphatic heterocycles. The Balaban J connectivity index is 1.44. The van der Waals surface area contributed by atoms with Crippen molar-refractivity contribution in [3.05, 3.63) is 95.2 Å². The van der Waals surface area contributed by atoms with E-state index in [1.807, 2.05) is 61.7 Å². The van der Waals surface area contributed by atoms with Gasteiger partial charge >= 0.3 is 0 Å². The summed E-state index contributed by atoms with van der Waals surface area (Å²) in [5.74, 6) is 0.450. The molecule has 1 saturated heterocycles. The molecule has 192 valence electrons. The lowest BCUT2D eigenvalue weighted by Gasteiger charge is -2.29. The number of rotatable bonds is 8. The van der Waals surface area contributed by atoms with Gasteiger partial charge in [0.1, 0.15) is 11.3 Å². The van der Waals surface area contributed by atoms with Crippen molar-refractivity contribution < 1.29 is 14.3 Å². The number of hydrogen-bond acceptors (Lipinski definition) is 5. The van der Waals surface area contributed by atoms with Crippen LogP contribution in [0.3, 0.4) is 0 Å². The zero-order chi connectivity index (χ0) is 26.6. The lowest BCUT2D eigenvalue weighted by atomic mass is 10.1. The molecule has 1 fully saturated rings. The Bertz CT molecular complexity index is 1560. The van der Waals surface area contributed by atoms with Crippen LogP contribution in [-0.4, -0.2) is 33.9 Å². The molecule has 2 heterocycles. The van der Waals surface area contributed by atoms with E-state index in [1.165, 1.54) is 4.90 Å². The molecule has 0 aliphatic carbocycles. The first-order chi connectivity index (χ1) is 18.4. The molecule has 6 nitrogen and oxygen atoms in total. The van der Waals surface area contributed by atoms with Crippen molar-refractivity contribution >= 4 is 75.2 Å². The number of carbonyl (C=O) groups is 2. The van der Waals surface area contributed by atoms with Crippen molar-refractivity contribution in [2.75, 3.05) is 17.3 Å². The summed E-state index contributed by atoms with van der Waals surface area (Å²) < 4.78 is 7.72. The number of hydrogen-bond donors (Lipinski definition) is 1. The van der Waals surface area contributed by atoms with Gasteiger partial charge in [-0.25, -0.2) is 0 Å². The van der Waals surface area contributed by atoms with E-state index >= 15 is 0 Å². The Morgan fingerprint density at radius 2 is 1.84 bits per heavy atom. The SMILES string of the molecule is CCOc1cccc(N2C(=O)/C(=C/c3cn(CCSc4ccc(Cl)cc4)c4ccccc34)C(=O)NC2=S)c1. The van der Waals surface area contributed by atoms with Gasteiger partial charge in [0, 0.05) is 50.9 Å². The Hall–Kier alpha value is -3.59. The summed E-state index contributed by atoms with van der Waals surface area (Å²) in [5.41, 5.74) is 2.35. The van der Waals surface area contributed by atoms with Crippen LogP contribution in [-0.2, 0) is 16.1 Å². The monoisotopic (exact) mass is 561 g/mol. The highest BCUT2D eigenvalue weighted by Gasteiger charge is 2.34. The predicted molar refractivity (Wildman–Crippen MR) is 158 cm³/mol. The van der Waals surface area contributed by atoms with E-state index in [0.29, 0.717) is 23.1 Å². The van der Waals surface area contributed by atoms with Gasteiger partial charge in [0.25, 0.3) is 11.8 Å². The third kappa shape index (κ3) is 5.48. The lowest BCUT2D eigenvalue weighted by molar-refractivity contribution is -0.122. The van der Waals surface area contributed by atoms with E-state index in [4.69, 9.17) is 28.6 Å². The van der Waals surface area contributed by atoms with Crippen LogP contribution in [0.15, 0.2) is 89.5 Å². The molecule has 0 spiro atoms. The first-order valence-electron chi connectivity index (χ1n) is 12.0. The second-order valence-electron chi connectivity index (χ2n) is 8.49. The van der Waals surface area contributed by atoms with Crippen LogP contribution < -0.4 is 15.0 Å². The summed E-state index contributed by atoms with van der Waals surface area (Å²) in [4.78, 5) is 28.9. The van der Waals surface area contributed by atoms with E-state index in [9.17, 15) is 9.59 Å². The molecule has 1 aromatic heterocycles. The Morgan fingerprint density at radius 3 is 2.63 bits per heavy atom. The maximum Gasteiger partial charge on any atom is 0.270 e. The van der Waals surface area contributed by atoms with Crippen LogP contribution in [0.2, 0.25) is 5.02 Å². The zero-order valence-corrected chi connectivity index (χ0v) is 22.9. The molecular formula is C29H24ClN3O3S2. The number of thiocarbonyl (C=S) groups is 1. The number of ether oxygens (including phenoxy) is 1. The van der Waals surface area contributed by atoms with Crippen molar-refractivity contribution in [2.24, 2.45) is 0 Å². The normalized spacial score (nSPS) is 14.8. The van der Waals surface area contributed by atoms with Gasteiger partial charge in [-0.3, -0.25) is 19.8 Å². The number of carbonyl (C=O) groups excluding carboxylic acids is 2. The molecule has 1 N–H and O–H groups in total. The number of aromatic nitrogens is 1. The minimum absolute atomic E-state index is 0.0128. The number of aryl methyl sites for hydroxylation is 1. The molecule has 0 atom stereocenters. The molecule has 0 unspecified atom stereocenters. The van der Waals surface area contributed by atoms with Crippen LogP contribution in [0.4, 0.5) is 5.69 Å². The average Bonchev–Trinajstić information content (AvgIpc) is 3.25. The summed E-state index contributed by atoms with van der Waals surface area (Å²) in [6, 6.07) is 22.8. The first kappa shape index (κ1) is 26.0. The number of halogens is 1. The summed E-state index contributed by atoms with van der Waals surface area (Å²) in [7, 11) is 0. The van der Waals surface area contributed by atoms with E-state index in [0.717, 1.165) is 33.7 Å². The number of nitrogens with one attached hydrogen (secondary N) is 1. The number of anilines is 1. The summed E-state index contributed by atoms with van der Waals surface area (Å²) in [6.07, 6.45) is 3.62. The standard InChI is InChI=1S/C29H24ClN3O3S2/c1-2-36-22-7-5-6-21(17-22)33-28(35)25(27(34)31-29(33)37)16-19-18-32(26-9-4-3-8-24(19)26)14-15-38-23-12-10-20(30)11-13-23/h3-13,16-18H,2,14-15H2,1H3,(H,31,34,37)/b25-16+. The smallest absolute Gasteiger partial charge is 0.270 e. The van der Waals surface area contributed by atoms with E-state index in [-0.39, 0.29) is 10.7 Å². The summed E-state index contributed by atoms with van der Waals surface area (Å²) in [5, 5.41) is 4.36. The largest absolute Gasteiger partial charge is 0.494 e. The van der Waals surface area contributed by atoms with Gasteiger partial charge in [-0.15, -0.1) is 11.8 Å². The van der Waals surface area contributed by atoms with Crippen LogP contribution in [0.25, 0.3) is 17.0 Å². The highest BCUT2D eigenvalue weighted by atomic mass is 35.5. The van der Waals surface area contributed by atoms with Gasteiger partial charge in [0.15, 0.2) is 5.11 Å². The minimum Gasteiger partial charge on any atom is -0.494 e. The highest BCUT2D eigenvalue weighted by molar-refractivity contribution is 7.99. The topological polar surface area (TPSA) is 63.6 Å². The molecule has 0 saturated carbocycles. The minimum atomic E-state index is -0.521. The van der Waals surface area contributed by atoms with Gasteiger partial charge in [-0.05, 0) is 67.7 Å². The van der Waals surface area contributed by atoms with Crippen molar-refractivity contribution in [2.45, 2.75) is 18.4 Å². The molecule has 9 heteroatoms. The van der Waals surface area contributed by atoms with Gasteiger partial charge in [0.2, 0.25) is 0 Å². The molecular weight excluding hydrogens is 538 g/mol. The lowest BCUT2D eigenvalue weighted by Crippen LogP contribution is -2.54. The quantitative estimate of drug-likeness (QED) is 0.118. The fourth-order valence-electron chi connectivity index (χ4n) is 4.29. The van der Waals surface area contributed by atoms with E-state index < -0.39 is 11.8 Å². The fraction of sp³-hybridized carbons (Fsp3) is 0.138. The Kier molecular flexibility index (Phi) is 7.83. The van der Waals surface area contributed by atoms with E-state index in [1.54, 1.807) is 42.1 Å². The van der Waals surface area contributed by atoms with Crippen LogP contribution in [0.1, 0.15) is 12.5 Å². The van der Waals surface area contributed by atoms with Crippen LogP contribution in [0, 0.1) is 0 Å². The number of fused-ring (bicyclic) bond motifs is 1. The number of para-hydroxylation sites is 1. The van der Waals surface area contributed by atoms with Crippen LogP contribution >= 0.6 is 35.6 Å². The van der Waals surface area contributed by atoms with Crippen molar-refractivity contribution in [3.8, 4) is 5.75 Å². The molecule has 5 rings (SSSR count). The Labute approximate surface area is 235 Å². The molecule has 1 aliphatic rings. The maximum absolute atomic E-state index is 13.6. The van der Waals surface area contributed by atoms with Gasteiger partial charge in [-0.2, -0.15) is 0 Å². The highest BCUT2D eigenvalue weighted by Crippen LogP contribution is 2.29. The zero-order valence-electron chi connectivity index (χ0n) is 20.5. The number of benzene rings is 3. The van der Waals surface area contributed by atoms with Crippen LogP contribution in [0.5, 0.6) is 5.75 Å². The van der Waals surface area contributed by atoms with Crippen molar-refractivity contribution in [1.82, 2.24) is 9.88 Å². The molecule has 38 heavy (non-hydrogen) atoms. The maximum atomic E-state index is 13.6. The number of thioether (sulfide) groups is 1. The fourth-order valence-corrected chi connectivity index (χ4v) is 5.55. The molecule has 2 amide bonds.